The van der Waals surface area contributed by atoms with Gasteiger partial charge in [-0.05, 0) is 24.3 Å². The number of rotatable bonds is 2. The van der Waals surface area contributed by atoms with E-state index in [1.807, 2.05) is 42.5 Å². The van der Waals surface area contributed by atoms with Gasteiger partial charge in [0.25, 0.3) is 5.56 Å². The maximum atomic E-state index is 12.8. The molecule has 5 rings (SSSR count). The molecule has 7 heteroatoms. The van der Waals surface area contributed by atoms with E-state index in [2.05, 4.69) is 19.9 Å². The maximum Gasteiger partial charge on any atom is 0.261 e. The molecule has 1 saturated heterocycles. The number of nitrogens with two attached hydrogens (primary N) is 1. The van der Waals surface area contributed by atoms with Gasteiger partial charge >= 0.3 is 0 Å². The predicted octanol–water partition coefficient (Wildman–Crippen LogP) is 2.49. The summed E-state index contributed by atoms with van der Waals surface area (Å²) in [6.45, 7) is 2.93. The zero-order valence-electron chi connectivity index (χ0n) is 14.7. The summed E-state index contributed by atoms with van der Waals surface area (Å²) in [6, 6.07) is 13.5. The van der Waals surface area contributed by atoms with Crippen LogP contribution in [0.4, 0.5) is 11.4 Å². The molecule has 0 amide bonds. The molecule has 4 aromatic rings. The number of para-hydroxylation sites is 2. The van der Waals surface area contributed by atoms with Crippen LogP contribution in [0.3, 0.4) is 0 Å². The summed E-state index contributed by atoms with van der Waals surface area (Å²) in [7, 11) is 0. The molecule has 0 atom stereocenters. The summed E-state index contributed by atoms with van der Waals surface area (Å²) in [6.07, 6.45) is 0. The minimum Gasteiger partial charge on any atom is -0.397 e. The molecule has 1 fully saturated rings. The third-order valence-corrected chi connectivity index (χ3v) is 5.03. The highest BCUT2D eigenvalue weighted by atomic mass is 16.5. The van der Waals surface area contributed by atoms with E-state index in [4.69, 9.17) is 10.5 Å². The van der Waals surface area contributed by atoms with Crippen molar-refractivity contribution in [2.75, 3.05) is 36.9 Å². The van der Waals surface area contributed by atoms with Gasteiger partial charge in [0.05, 0.1) is 35.5 Å². The number of H-pyrrole nitrogens is 2. The Kier molecular flexibility index (Phi) is 3.61. The third-order valence-electron chi connectivity index (χ3n) is 5.03. The van der Waals surface area contributed by atoms with Gasteiger partial charge in [-0.15, -0.1) is 0 Å². The number of nitrogen functional groups attached to an aromatic ring is 1. The van der Waals surface area contributed by atoms with Crippen LogP contribution >= 0.6 is 0 Å². The van der Waals surface area contributed by atoms with Gasteiger partial charge in [0.15, 0.2) is 0 Å². The van der Waals surface area contributed by atoms with E-state index in [-0.39, 0.29) is 5.56 Å². The molecule has 3 heterocycles. The number of hydrogen-bond donors (Lipinski definition) is 3. The first-order valence-corrected chi connectivity index (χ1v) is 8.94. The maximum absolute atomic E-state index is 12.8. The number of ether oxygens (including phenoxy) is 1. The van der Waals surface area contributed by atoms with Gasteiger partial charge in [0, 0.05) is 24.2 Å². The number of nitrogens with zero attached hydrogens (tertiary/aromatic N) is 2. The second-order valence-electron chi connectivity index (χ2n) is 6.64. The van der Waals surface area contributed by atoms with Crippen molar-refractivity contribution >= 4 is 33.3 Å². The number of morpholine rings is 1. The van der Waals surface area contributed by atoms with Crippen molar-refractivity contribution in [3.05, 3.63) is 52.8 Å². The Morgan fingerprint density at radius 3 is 2.59 bits per heavy atom. The van der Waals surface area contributed by atoms with E-state index >= 15 is 0 Å². The molecule has 0 spiro atoms. The van der Waals surface area contributed by atoms with Crippen LogP contribution in [-0.2, 0) is 4.74 Å². The number of pyridine rings is 1. The zero-order valence-corrected chi connectivity index (χ0v) is 14.7. The molecule has 0 bridgehead atoms. The molecule has 136 valence electrons. The molecular formula is C20H19N5O2. The molecule has 0 aliphatic carbocycles. The van der Waals surface area contributed by atoms with E-state index in [9.17, 15) is 4.79 Å². The fourth-order valence-electron chi connectivity index (χ4n) is 3.73. The summed E-state index contributed by atoms with van der Waals surface area (Å²) >= 11 is 0. The van der Waals surface area contributed by atoms with Crippen molar-refractivity contribution in [2.45, 2.75) is 0 Å². The van der Waals surface area contributed by atoms with E-state index in [1.54, 1.807) is 0 Å². The van der Waals surface area contributed by atoms with Crippen LogP contribution in [0.15, 0.2) is 47.3 Å². The minimum atomic E-state index is -0.252. The van der Waals surface area contributed by atoms with Crippen molar-refractivity contribution in [3.8, 4) is 11.4 Å². The van der Waals surface area contributed by atoms with Crippen molar-refractivity contribution in [1.29, 1.82) is 0 Å². The standard InChI is InChI=1S/C20H19N5O2/c21-18-16-14(6-3-7-15(16)25-8-10-27-11-9-25)24-20(26)17(18)19-22-12-4-1-2-5-13(12)23-19/h1-7H,8-11H2,(H,22,23)(H3,21,24,26). The minimum absolute atomic E-state index is 0.252. The third kappa shape index (κ3) is 2.55. The smallest absolute Gasteiger partial charge is 0.261 e. The number of aromatic amines is 2. The lowest BCUT2D eigenvalue weighted by molar-refractivity contribution is 0.123. The molecule has 27 heavy (non-hydrogen) atoms. The second-order valence-corrected chi connectivity index (χ2v) is 6.64. The van der Waals surface area contributed by atoms with E-state index in [0.29, 0.717) is 30.3 Å². The lowest BCUT2D eigenvalue weighted by atomic mass is 10.1. The van der Waals surface area contributed by atoms with Crippen LogP contribution in [0, 0.1) is 0 Å². The average molecular weight is 361 g/mol. The summed E-state index contributed by atoms with van der Waals surface area (Å²) in [5.74, 6) is 0.480. The van der Waals surface area contributed by atoms with Gasteiger partial charge in [-0.25, -0.2) is 4.98 Å². The Balaban J connectivity index is 1.76. The fourth-order valence-corrected chi connectivity index (χ4v) is 3.73. The molecule has 1 aliphatic heterocycles. The van der Waals surface area contributed by atoms with Crippen molar-refractivity contribution in [3.63, 3.8) is 0 Å². The van der Waals surface area contributed by atoms with Crippen molar-refractivity contribution in [2.24, 2.45) is 0 Å². The monoisotopic (exact) mass is 361 g/mol. The summed E-state index contributed by atoms with van der Waals surface area (Å²) in [4.78, 5) is 25.8. The Bertz CT molecular complexity index is 1170. The highest BCUT2D eigenvalue weighted by Gasteiger charge is 2.20. The first kappa shape index (κ1) is 15.9. The first-order valence-electron chi connectivity index (χ1n) is 8.94. The molecule has 2 aromatic carbocycles. The molecule has 1 aliphatic rings. The van der Waals surface area contributed by atoms with Crippen LogP contribution in [-0.4, -0.2) is 41.3 Å². The van der Waals surface area contributed by atoms with Crippen molar-refractivity contribution in [1.82, 2.24) is 15.0 Å². The fraction of sp³-hybridized carbons (Fsp3) is 0.200. The van der Waals surface area contributed by atoms with Gasteiger partial charge in [0.1, 0.15) is 11.4 Å². The predicted molar refractivity (Wildman–Crippen MR) is 107 cm³/mol. The van der Waals surface area contributed by atoms with Gasteiger partial charge in [-0.3, -0.25) is 4.79 Å². The van der Waals surface area contributed by atoms with Crippen molar-refractivity contribution < 1.29 is 4.74 Å². The SMILES string of the molecule is Nc1c(-c2nc3ccccc3[nH]2)c(=O)[nH]c2cccc(N3CCOCC3)c12. The molecule has 0 radical (unpaired) electrons. The largest absolute Gasteiger partial charge is 0.397 e. The van der Waals surface area contributed by atoms with Gasteiger partial charge in [0.2, 0.25) is 0 Å². The molecule has 4 N–H and O–H groups in total. The molecular weight excluding hydrogens is 342 g/mol. The van der Waals surface area contributed by atoms with Crippen LogP contribution in [0.2, 0.25) is 0 Å². The number of benzene rings is 2. The lowest BCUT2D eigenvalue weighted by Gasteiger charge is -2.30. The summed E-state index contributed by atoms with van der Waals surface area (Å²) in [5, 5.41) is 0.842. The second kappa shape index (κ2) is 6.14. The average Bonchev–Trinajstić information content (AvgIpc) is 3.11. The van der Waals surface area contributed by atoms with Crippen LogP contribution in [0.25, 0.3) is 33.3 Å². The lowest BCUT2D eigenvalue weighted by Crippen LogP contribution is -2.36. The summed E-state index contributed by atoms with van der Waals surface area (Å²) in [5.41, 5.74) is 10.5. The van der Waals surface area contributed by atoms with Crippen LogP contribution < -0.4 is 16.2 Å². The first-order chi connectivity index (χ1) is 13.2. The number of fused-ring (bicyclic) bond motifs is 2. The van der Waals surface area contributed by atoms with Crippen LogP contribution in [0.1, 0.15) is 0 Å². The quantitative estimate of drug-likeness (QED) is 0.509. The topological polar surface area (TPSA) is 100 Å². The number of anilines is 2. The Morgan fingerprint density at radius 2 is 1.78 bits per heavy atom. The number of nitrogens with one attached hydrogen (secondary N) is 2. The Hall–Kier alpha value is -3.32. The highest BCUT2D eigenvalue weighted by molar-refractivity contribution is 6.05. The molecule has 0 unspecified atom stereocenters. The summed E-state index contributed by atoms with van der Waals surface area (Å²) < 4.78 is 5.46. The van der Waals surface area contributed by atoms with Gasteiger partial charge in [-0.1, -0.05) is 18.2 Å². The zero-order chi connectivity index (χ0) is 18.4. The highest BCUT2D eigenvalue weighted by Crippen LogP contribution is 2.35. The number of imidazole rings is 1. The Labute approximate surface area is 154 Å². The number of aromatic nitrogens is 3. The van der Waals surface area contributed by atoms with E-state index in [0.717, 1.165) is 40.7 Å². The Morgan fingerprint density at radius 1 is 1.00 bits per heavy atom. The van der Waals surface area contributed by atoms with Gasteiger partial charge < -0.3 is 25.3 Å². The van der Waals surface area contributed by atoms with Crippen LogP contribution in [0.5, 0.6) is 0 Å². The normalized spacial score (nSPS) is 14.9. The molecule has 2 aromatic heterocycles. The van der Waals surface area contributed by atoms with Gasteiger partial charge in [-0.2, -0.15) is 0 Å². The van der Waals surface area contributed by atoms with E-state index in [1.165, 1.54) is 0 Å². The van der Waals surface area contributed by atoms with E-state index < -0.39 is 0 Å². The molecule has 7 nitrogen and oxygen atoms in total. The number of hydrogen-bond acceptors (Lipinski definition) is 5. The molecule has 0 saturated carbocycles.